The molecule has 0 aliphatic heterocycles. The molecular weight excluding hydrogens is 274 g/mol. The molecule has 21 heavy (non-hydrogen) atoms. The van der Waals surface area contributed by atoms with Crippen LogP contribution in [0.1, 0.15) is 0 Å². The van der Waals surface area contributed by atoms with Gasteiger partial charge in [-0.3, -0.25) is 10.1 Å². The van der Waals surface area contributed by atoms with Crippen molar-refractivity contribution in [2.24, 2.45) is 0 Å². The Morgan fingerprint density at radius 3 is 2.90 bits per heavy atom. The van der Waals surface area contributed by atoms with E-state index in [4.69, 9.17) is 0 Å². The minimum atomic E-state index is -0.518. The van der Waals surface area contributed by atoms with Crippen LogP contribution in [0, 0.1) is 10.1 Å². The van der Waals surface area contributed by atoms with Crippen molar-refractivity contribution in [3.8, 4) is 5.75 Å². The first kappa shape index (κ1) is 12.9. The van der Waals surface area contributed by atoms with Gasteiger partial charge in [-0.2, -0.15) is 0 Å². The molecule has 0 unspecified atom stereocenters. The van der Waals surface area contributed by atoms with Gasteiger partial charge < -0.3 is 10.4 Å². The van der Waals surface area contributed by atoms with Crippen LogP contribution in [0.25, 0.3) is 11.0 Å². The molecule has 3 rings (SSSR count). The number of phenolic OH excluding ortho intramolecular Hbond substituents is 1. The molecular formula is C13H11N5O3. The molecule has 2 N–H and O–H groups in total. The number of phenols is 1. The lowest BCUT2D eigenvalue weighted by molar-refractivity contribution is -0.384. The van der Waals surface area contributed by atoms with E-state index in [1.54, 1.807) is 4.68 Å². The Bertz CT molecular complexity index is 814. The van der Waals surface area contributed by atoms with Gasteiger partial charge in [-0.25, -0.2) is 4.68 Å². The summed E-state index contributed by atoms with van der Waals surface area (Å²) in [5.74, 6) is -0.0648. The Labute approximate surface area is 118 Å². The van der Waals surface area contributed by atoms with E-state index in [1.807, 2.05) is 24.3 Å². The average Bonchev–Trinajstić information content (AvgIpc) is 2.89. The number of aromatic nitrogens is 3. The summed E-state index contributed by atoms with van der Waals surface area (Å²) < 4.78 is 1.60. The van der Waals surface area contributed by atoms with Crippen LogP contribution < -0.4 is 5.32 Å². The first-order valence-corrected chi connectivity index (χ1v) is 6.14. The van der Waals surface area contributed by atoms with Gasteiger partial charge in [-0.1, -0.05) is 17.3 Å². The lowest BCUT2D eigenvalue weighted by Gasteiger charge is -2.08. The third-order valence-electron chi connectivity index (χ3n) is 3.03. The summed E-state index contributed by atoms with van der Waals surface area (Å²) >= 11 is 0. The number of para-hydroxylation sites is 1. The van der Waals surface area contributed by atoms with Crippen LogP contribution in [0.5, 0.6) is 5.75 Å². The molecule has 0 radical (unpaired) electrons. The van der Waals surface area contributed by atoms with E-state index >= 15 is 0 Å². The van der Waals surface area contributed by atoms with E-state index in [2.05, 4.69) is 15.6 Å². The molecule has 2 aromatic carbocycles. The third kappa shape index (κ3) is 2.46. The second-order valence-electron chi connectivity index (χ2n) is 4.37. The number of non-ortho nitro benzene ring substituents is 1. The molecule has 0 spiro atoms. The molecule has 106 valence electrons. The molecule has 0 atom stereocenters. The standard InChI is InChI=1S/C13H11N5O3/c19-13-6-5-9(18(20)21)7-11(13)14-8-17-12-4-2-1-3-10(12)15-16-17/h1-7,14,19H,8H2. The summed E-state index contributed by atoms with van der Waals surface area (Å²) in [6.45, 7) is 0.231. The highest BCUT2D eigenvalue weighted by molar-refractivity contribution is 5.74. The Morgan fingerprint density at radius 2 is 2.10 bits per heavy atom. The van der Waals surface area contributed by atoms with Crippen LogP contribution in [0.2, 0.25) is 0 Å². The molecule has 8 heteroatoms. The lowest BCUT2D eigenvalue weighted by Crippen LogP contribution is -2.09. The number of nitro groups is 1. The number of nitrogens with one attached hydrogen (secondary N) is 1. The molecule has 0 fully saturated rings. The number of aromatic hydroxyl groups is 1. The maximum absolute atomic E-state index is 10.7. The maximum atomic E-state index is 10.7. The van der Waals surface area contributed by atoms with Crippen molar-refractivity contribution in [1.29, 1.82) is 0 Å². The smallest absolute Gasteiger partial charge is 0.271 e. The van der Waals surface area contributed by atoms with Gasteiger partial charge in [0.2, 0.25) is 0 Å². The van der Waals surface area contributed by atoms with Crippen molar-refractivity contribution in [2.75, 3.05) is 5.32 Å². The highest BCUT2D eigenvalue weighted by Gasteiger charge is 2.10. The van der Waals surface area contributed by atoms with Crippen LogP contribution in [0.4, 0.5) is 11.4 Å². The van der Waals surface area contributed by atoms with Crippen LogP contribution in [-0.2, 0) is 6.67 Å². The number of fused-ring (bicyclic) bond motifs is 1. The van der Waals surface area contributed by atoms with Gasteiger partial charge >= 0.3 is 0 Å². The van der Waals surface area contributed by atoms with Gasteiger partial charge in [-0.15, -0.1) is 5.10 Å². The second-order valence-corrected chi connectivity index (χ2v) is 4.37. The number of hydrogen-bond donors (Lipinski definition) is 2. The van der Waals surface area contributed by atoms with Crippen LogP contribution in [0.15, 0.2) is 42.5 Å². The van der Waals surface area contributed by atoms with E-state index in [0.29, 0.717) is 0 Å². The monoisotopic (exact) mass is 285 g/mol. The van der Waals surface area contributed by atoms with Crippen molar-refractivity contribution >= 4 is 22.4 Å². The quantitative estimate of drug-likeness (QED) is 0.432. The van der Waals surface area contributed by atoms with Crippen LogP contribution >= 0.6 is 0 Å². The topological polar surface area (TPSA) is 106 Å². The Hall–Kier alpha value is -3.16. The Balaban J connectivity index is 1.84. The highest BCUT2D eigenvalue weighted by atomic mass is 16.6. The van der Waals surface area contributed by atoms with E-state index in [9.17, 15) is 15.2 Å². The number of hydrogen-bond acceptors (Lipinski definition) is 6. The molecule has 0 saturated carbocycles. The number of nitro benzene ring substituents is 1. The van der Waals surface area contributed by atoms with Crippen molar-refractivity contribution < 1.29 is 10.0 Å². The fourth-order valence-electron chi connectivity index (χ4n) is 1.97. The Kier molecular flexibility index (Phi) is 3.11. The molecule has 3 aromatic rings. The van der Waals surface area contributed by atoms with Crippen molar-refractivity contribution in [3.63, 3.8) is 0 Å². The van der Waals surface area contributed by atoms with Crippen molar-refractivity contribution in [1.82, 2.24) is 15.0 Å². The Morgan fingerprint density at radius 1 is 1.29 bits per heavy atom. The predicted octanol–water partition coefficient (Wildman–Crippen LogP) is 2.11. The van der Waals surface area contributed by atoms with Crippen LogP contribution in [-0.4, -0.2) is 25.0 Å². The summed E-state index contributed by atoms with van der Waals surface area (Å²) in [5, 5.41) is 31.4. The second kappa shape index (κ2) is 5.08. The van der Waals surface area contributed by atoms with Gasteiger partial charge in [0, 0.05) is 12.1 Å². The fourth-order valence-corrected chi connectivity index (χ4v) is 1.97. The number of nitrogens with zero attached hydrogens (tertiary/aromatic N) is 4. The van der Waals surface area contributed by atoms with E-state index in [0.717, 1.165) is 11.0 Å². The third-order valence-corrected chi connectivity index (χ3v) is 3.03. The largest absolute Gasteiger partial charge is 0.506 e. The van der Waals surface area contributed by atoms with E-state index in [-0.39, 0.29) is 23.8 Å². The molecule has 0 aliphatic carbocycles. The van der Waals surface area contributed by atoms with Gasteiger partial charge in [0.25, 0.3) is 5.69 Å². The first-order chi connectivity index (χ1) is 10.1. The number of benzene rings is 2. The summed E-state index contributed by atoms with van der Waals surface area (Å²) in [7, 11) is 0. The zero-order chi connectivity index (χ0) is 14.8. The maximum Gasteiger partial charge on any atom is 0.271 e. The molecule has 1 heterocycles. The molecule has 0 saturated heterocycles. The van der Waals surface area contributed by atoms with E-state index < -0.39 is 4.92 Å². The molecule has 0 bridgehead atoms. The fraction of sp³-hybridized carbons (Fsp3) is 0.0769. The van der Waals surface area contributed by atoms with Crippen molar-refractivity contribution in [2.45, 2.75) is 6.67 Å². The normalized spacial score (nSPS) is 10.7. The predicted molar refractivity (Wildman–Crippen MR) is 75.9 cm³/mol. The molecule has 8 nitrogen and oxygen atoms in total. The highest BCUT2D eigenvalue weighted by Crippen LogP contribution is 2.27. The van der Waals surface area contributed by atoms with Crippen molar-refractivity contribution in [3.05, 3.63) is 52.6 Å². The first-order valence-electron chi connectivity index (χ1n) is 6.14. The van der Waals surface area contributed by atoms with Gasteiger partial charge in [0.1, 0.15) is 17.9 Å². The van der Waals surface area contributed by atoms with Gasteiger partial charge in [-0.05, 0) is 18.2 Å². The SMILES string of the molecule is O=[N+]([O-])c1ccc(O)c(NCn2nnc3ccccc32)c1. The van der Waals surface area contributed by atoms with Gasteiger partial charge in [0.15, 0.2) is 0 Å². The molecule has 0 amide bonds. The number of rotatable bonds is 4. The van der Waals surface area contributed by atoms with Gasteiger partial charge in [0.05, 0.1) is 16.1 Å². The summed E-state index contributed by atoms with van der Waals surface area (Å²) in [6.07, 6.45) is 0. The van der Waals surface area contributed by atoms with Crippen LogP contribution in [0.3, 0.4) is 0 Å². The zero-order valence-corrected chi connectivity index (χ0v) is 10.8. The minimum absolute atomic E-state index is 0.0648. The minimum Gasteiger partial charge on any atom is -0.506 e. The zero-order valence-electron chi connectivity index (χ0n) is 10.8. The lowest BCUT2D eigenvalue weighted by atomic mass is 10.2. The number of anilines is 1. The summed E-state index contributed by atoms with van der Waals surface area (Å²) in [6, 6.07) is 11.2. The van der Waals surface area contributed by atoms with E-state index in [1.165, 1.54) is 18.2 Å². The summed E-state index contributed by atoms with van der Waals surface area (Å²) in [5.41, 5.74) is 1.75. The average molecular weight is 285 g/mol. The molecule has 0 aliphatic rings. The summed E-state index contributed by atoms with van der Waals surface area (Å²) in [4.78, 5) is 10.2. The molecule has 1 aromatic heterocycles.